The van der Waals surface area contributed by atoms with E-state index in [0.717, 1.165) is 32.1 Å². The standard InChI is InChI=1S/C20H26FNO3S/c1-2-12-25-20(24)17-13-26-19(14-8-4-3-5-9-14)22(17)18(23)15-10-6-7-11-16(15)21/h6-7,10-11,14,17,19H,2-5,8-9,12-13H2,1H3/t17-,19-/m0/s1. The molecule has 1 aromatic carbocycles. The van der Waals surface area contributed by atoms with E-state index in [1.54, 1.807) is 28.8 Å². The summed E-state index contributed by atoms with van der Waals surface area (Å²) in [5.74, 6) is -0.445. The van der Waals surface area contributed by atoms with Crippen LogP contribution in [0.15, 0.2) is 24.3 Å². The molecule has 1 amide bonds. The van der Waals surface area contributed by atoms with Crippen molar-refractivity contribution in [3.05, 3.63) is 35.6 Å². The molecule has 1 aliphatic heterocycles. The maximum atomic E-state index is 14.2. The van der Waals surface area contributed by atoms with Gasteiger partial charge in [-0.3, -0.25) is 4.79 Å². The summed E-state index contributed by atoms with van der Waals surface area (Å²) in [5.41, 5.74) is 0.0316. The predicted octanol–water partition coefficient (Wildman–Crippen LogP) is 4.24. The molecule has 3 rings (SSSR count). The summed E-state index contributed by atoms with van der Waals surface area (Å²) in [4.78, 5) is 27.3. The second kappa shape index (κ2) is 8.89. The predicted molar refractivity (Wildman–Crippen MR) is 100 cm³/mol. The van der Waals surface area contributed by atoms with Gasteiger partial charge in [0.2, 0.25) is 0 Å². The third kappa shape index (κ3) is 4.05. The SMILES string of the molecule is CCCOC(=O)[C@@H]1CS[C@@H](C2CCCCC2)N1C(=O)c1ccccc1F. The molecule has 1 saturated carbocycles. The van der Waals surface area contributed by atoms with Crippen LogP contribution in [0.2, 0.25) is 0 Å². The molecule has 0 N–H and O–H groups in total. The van der Waals surface area contributed by atoms with Crippen molar-refractivity contribution in [1.82, 2.24) is 4.90 Å². The molecule has 6 heteroatoms. The number of carbonyl (C=O) groups excluding carboxylic acids is 2. The number of halogens is 1. The quantitative estimate of drug-likeness (QED) is 0.718. The summed E-state index contributed by atoms with van der Waals surface area (Å²) in [5, 5.41) is -0.0819. The van der Waals surface area contributed by atoms with Crippen molar-refractivity contribution in [1.29, 1.82) is 0 Å². The van der Waals surface area contributed by atoms with Gasteiger partial charge in [0.15, 0.2) is 0 Å². The summed E-state index contributed by atoms with van der Waals surface area (Å²) in [7, 11) is 0. The molecule has 0 aromatic heterocycles. The number of carbonyl (C=O) groups is 2. The molecule has 0 unspecified atom stereocenters. The molecule has 0 bridgehead atoms. The lowest BCUT2D eigenvalue weighted by molar-refractivity contribution is -0.148. The highest BCUT2D eigenvalue weighted by Crippen LogP contribution is 2.41. The van der Waals surface area contributed by atoms with Crippen LogP contribution in [-0.4, -0.2) is 40.6 Å². The van der Waals surface area contributed by atoms with Gasteiger partial charge in [0, 0.05) is 5.75 Å². The average Bonchev–Trinajstić information content (AvgIpc) is 3.12. The summed E-state index contributed by atoms with van der Waals surface area (Å²) in [6.07, 6.45) is 6.35. The van der Waals surface area contributed by atoms with E-state index in [1.165, 1.54) is 18.6 Å². The zero-order chi connectivity index (χ0) is 18.5. The first-order valence-electron chi connectivity index (χ1n) is 9.49. The molecule has 1 aliphatic carbocycles. The molecule has 0 radical (unpaired) electrons. The van der Waals surface area contributed by atoms with Gasteiger partial charge >= 0.3 is 5.97 Å². The molecule has 1 aromatic rings. The molecule has 1 heterocycles. The van der Waals surface area contributed by atoms with Crippen LogP contribution in [0.4, 0.5) is 4.39 Å². The fourth-order valence-corrected chi connectivity index (χ4v) is 5.45. The molecular formula is C20H26FNO3S. The van der Waals surface area contributed by atoms with Crippen LogP contribution >= 0.6 is 11.8 Å². The minimum Gasteiger partial charge on any atom is -0.464 e. The van der Waals surface area contributed by atoms with Gasteiger partial charge in [0.1, 0.15) is 11.9 Å². The molecule has 26 heavy (non-hydrogen) atoms. The highest BCUT2D eigenvalue weighted by molar-refractivity contribution is 8.00. The van der Waals surface area contributed by atoms with Crippen molar-refractivity contribution in [3.8, 4) is 0 Å². The zero-order valence-corrected chi connectivity index (χ0v) is 16.0. The second-order valence-electron chi connectivity index (χ2n) is 7.00. The van der Waals surface area contributed by atoms with Gasteiger partial charge in [-0.15, -0.1) is 11.8 Å². The molecule has 2 aliphatic rings. The maximum absolute atomic E-state index is 14.2. The molecule has 0 spiro atoms. The van der Waals surface area contributed by atoms with Crippen LogP contribution in [0.5, 0.6) is 0 Å². The van der Waals surface area contributed by atoms with Gasteiger partial charge in [-0.25, -0.2) is 9.18 Å². The Hall–Kier alpha value is -1.56. The van der Waals surface area contributed by atoms with Crippen molar-refractivity contribution in [2.45, 2.75) is 56.9 Å². The van der Waals surface area contributed by atoms with Gasteiger partial charge in [0.05, 0.1) is 17.5 Å². The Kier molecular flexibility index (Phi) is 6.57. The maximum Gasteiger partial charge on any atom is 0.329 e. The van der Waals surface area contributed by atoms with E-state index in [1.807, 2.05) is 6.92 Å². The van der Waals surface area contributed by atoms with E-state index in [0.29, 0.717) is 18.3 Å². The van der Waals surface area contributed by atoms with E-state index in [2.05, 4.69) is 0 Å². The number of esters is 1. The van der Waals surface area contributed by atoms with Crippen LogP contribution < -0.4 is 0 Å². The molecular weight excluding hydrogens is 353 g/mol. The third-order valence-electron chi connectivity index (χ3n) is 5.15. The third-order valence-corrected chi connectivity index (χ3v) is 6.61. The first-order valence-corrected chi connectivity index (χ1v) is 10.5. The van der Waals surface area contributed by atoms with Crippen molar-refractivity contribution in [3.63, 3.8) is 0 Å². The van der Waals surface area contributed by atoms with E-state index in [-0.39, 0.29) is 16.9 Å². The zero-order valence-electron chi connectivity index (χ0n) is 15.2. The lowest BCUT2D eigenvalue weighted by Gasteiger charge is -2.35. The Labute approximate surface area is 158 Å². The van der Waals surface area contributed by atoms with Crippen LogP contribution in [0.1, 0.15) is 55.8 Å². The summed E-state index contributed by atoms with van der Waals surface area (Å²) in [6, 6.07) is 5.37. The van der Waals surface area contributed by atoms with Gasteiger partial charge in [-0.2, -0.15) is 0 Å². The summed E-state index contributed by atoms with van der Waals surface area (Å²) >= 11 is 1.64. The van der Waals surface area contributed by atoms with Gasteiger partial charge in [-0.1, -0.05) is 38.3 Å². The minimum atomic E-state index is -0.634. The Balaban J connectivity index is 1.87. The fraction of sp³-hybridized carbons (Fsp3) is 0.600. The van der Waals surface area contributed by atoms with Crippen molar-refractivity contribution in [2.24, 2.45) is 5.92 Å². The number of hydrogen-bond donors (Lipinski definition) is 0. The molecule has 142 valence electrons. The first-order chi connectivity index (χ1) is 12.6. The number of hydrogen-bond acceptors (Lipinski definition) is 4. The minimum absolute atomic E-state index is 0.0316. The first kappa shape index (κ1) is 19.2. The average molecular weight is 379 g/mol. The van der Waals surface area contributed by atoms with Gasteiger partial charge < -0.3 is 9.64 Å². The highest BCUT2D eigenvalue weighted by Gasteiger charge is 2.46. The topological polar surface area (TPSA) is 46.6 Å². The van der Waals surface area contributed by atoms with Crippen LogP contribution in [0, 0.1) is 11.7 Å². The highest BCUT2D eigenvalue weighted by atomic mass is 32.2. The largest absolute Gasteiger partial charge is 0.464 e. The van der Waals surface area contributed by atoms with E-state index < -0.39 is 17.8 Å². The molecule has 4 nitrogen and oxygen atoms in total. The fourth-order valence-electron chi connectivity index (χ4n) is 3.82. The smallest absolute Gasteiger partial charge is 0.329 e. The van der Waals surface area contributed by atoms with Crippen LogP contribution in [0.3, 0.4) is 0 Å². The Morgan fingerprint density at radius 3 is 2.65 bits per heavy atom. The second-order valence-corrected chi connectivity index (χ2v) is 8.15. The number of benzene rings is 1. The number of ether oxygens (including phenoxy) is 1. The Morgan fingerprint density at radius 1 is 1.23 bits per heavy atom. The number of thioether (sulfide) groups is 1. The van der Waals surface area contributed by atoms with E-state index >= 15 is 0 Å². The van der Waals surface area contributed by atoms with E-state index in [9.17, 15) is 14.0 Å². The monoisotopic (exact) mass is 379 g/mol. The van der Waals surface area contributed by atoms with Gasteiger partial charge in [0.25, 0.3) is 5.91 Å². The van der Waals surface area contributed by atoms with Crippen molar-refractivity contribution in [2.75, 3.05) is 12.4 Å². The lowest BCUT2D eigenvalue weighted by Crippen LogP contribution is -2.49. The number of nitrogens with zero attached hydrogens (tertiary/aromatic N) is 1. The Morgan fingerprint density at radius 2 is 1.96 bits per heavy atom. The Bertz CT molecular complexity index is 648. The van der Waals surface area contributed by atoms with Crippen molar-refractivity contribution >= 4 is 23.6 Å². The number of amides is 1. The molecule has 2 atom stereocenters. The van der Waals surface area contributed by atoms with E-state index in [4.69, 9.17) is 4.74 Å². The normalized spacial score (nSPS) is 23.8. The van der Waals surface area contributed by atoms with Crippen LogP contribution in [0.25, 0.3) is 0 Å². The number of rotatable bonds is 5. The van der Waals surface area contributed by atoms with Crippen LogP contribution in [-0.2, 0) is 9.53 Å². The van der Waals surface area contributed by atoms with Crippen molar-refractivity contribution < 1.29 is 18.7 Å². The summed E-state index contributed by atoms with van der Waals surface area (Å²) in [6.45, 7) is 2.28. The lowest BCUT2D eigenvalue weighted by atomic mass is 9.88. The van der Waals surface area contributed by atoms with Gasteiger partial charge in [-0.05, 0) is 37.3 Å². The molecule has 1 saturated heterocycles. The summed E-state index contributed by atoms with van der Waals surface area (Å²) < 4.78 is 19.5. The molecule has 2 fully saturated rings.